The van der Waals surface area contributed by atoms with Gasteiger partial charge in [0.2, 0.25) is 0 Å². The van der Waals surface area contributed by atoms with Crippen molar-refractivity contribution in [1.29, 1.82) is 0 Å². The minimum absolute atomic E-state index is 0.594. The highest BCUT2D eigenvalue weighted by molar-refractivity contribution is 7.09. The lowest BCUT2D eigenvalue weighted by molar-refractivity contribution is -0.0734. The van der Waals surface area contributed by atoms with Crippen LogP contribution in [0.15, 0.2) is 11.6 Å². The molecule has 20 heavy (non-hydrogen) atoms. The van der Waals surface area contributed by atoms with Gasteiger partial charge >= 0.3 is 0 Å². The van der Waals surface area contributed by atoms with Crippen LogP contribution in [-0.2, 0) is 6.42 Å². The van der Waals surface area contributed by atoms with Crippen LogP contribution in [0.2, 0.25) is 0 Å². The molecule has 4 saturated carbocycles. The topological polar surface area (TPSA) is 24.9 Å². The molecule has 0 radical (unpaired) electrons. The Morgan fingerprint density at radius 3 is 2.40 bits per heavy atom. The van der Waals surface area contributed by atoms with E-state index in [1.54, 1.807) is 0 Å². The van der Waals surface area contributed by atoms with E-state index in [2.05, 4.69) is 22.6 Å². The molecule has 1 heterocycles. The number of likely N-dealkylation sites (N-methyl/N-ethyl adjacent to an activating group) is 1. The Balaban J connectivity index is 1.58. The quantitative estimate of drug-likeness (QED) is 0.890. The molecular formula is C17H26N2S. The van der Waals surface area contributed by atoms with Crippen molar-refractivity contribution in [2.45, 2.75) is 57.9 Å². The van der Waals surface area contributed by atoms with Gasteiger partial charge in [0.15, 0.2) is 0 Å². The number of hydrogen-bond acceptors (Lipinski definition) is 3. The van der Waals surface area contributed by atoms with Gasteiger partial charge < -0.3 is 5.32 Å². The Bertz CT molecular complexity index is 418. The van der Waals surface area contributed by atoms with Crippen molar-refractivity contribution in [1.82, 2.24) is 10.3 Å². The van der Waals surface area contributed by atoms with Crippen LogP contribution in [0.25, 0.3) is 0 Å². The summed E-state index contributed by atoms with van der Waals surface area (Å²) in [5.41, 5.74) is 0.594. The fourth-order valence-corrected chi connectivity index (χ4v) is 6.55. The average Bonchev–Trinajstić information content (AvgIpc) is 2.89. The SMILES string of the molecule is CCNC(Cc1nccs1)C12CC3CC(CC(C3)C1)C2. The molecule has 0 amide bonds. The van der Waals surface area contributed by atoms with Crippen LogP contribution >= 0.6 is 11.3 Å². The van der Waals surface area contributed by atoms with E-state index in [0.717, 1.165) is 30.7 Å². The fraction of sp³-hybridized carbons (Fsp3) is 0.824. The molecule has 1 atom stereocenters. The van der Waals surface area contributed by atoms with Gasteiger partial charge in [-0.15, -0.1) is 11.3 Å². The minimum Gasteiger partial charge on any atom is -0.313 e. The second-order valence-corrected chi connectivity index (χ2v) is 8.50. The first-order valence-electron chi connectivity index (χ1n) is 8.39. The molecule has 5 rings (SSSR count). The molecule has 3 heteroatoms. The van der Waals surface area contributed by atoms with Crippen molar-refractivity contribution in [3.05, 3.63) is 16.6 Å². The summed E-state index contributed by atoms with van der Waals surface area (Å²) in [6.45, 7) is 3.35. The molecule has 1 N–H and O–H groups in total. The Hall–Kier alpha value is -0.410. The van der Waals surface area contributed by atoms with E-state index in [-0.39, 0.29) is 0 Å². The van der Waals surface area contributed by atoms with Gasteiger partial charge in [0, 0.05) is 24.0 Å². The van der Waals surface area contributed by atoms with Gasteiger partial charge in [0.25, 0.3) is 0 Å². The first-order chi connectivity index (χ1) is 9.77. The number of aromatic nitrogens is 1. The first kappa shape index (κ1) is 13.3. The van der Waals surface area contributed by atoms with Crippen LogP contribution in [0.5, 0.6) is 0 Å². The molecule has 110 valence electrons. The van der Waals surface area contributed by atoms with Gasteiger partial charge in [-0.2, -0.15) is 0 Å². The highest BCUT2D eigenvalue weighted by Gasteiger charge is 2.53. The standard InChI is InChI=1S/C17H26N2S/c1-2-18-15(8-16-19-3-4-20-16)17-9-12-5-13(10-17)7-14(6-12)11-17/h3-4,12-15,18H,2,5-11H2,1H3. The molecule has 1 aromatic rings. The van der Waals surface area contributed by atoms with Crippen LogP contribution in [0.3, 0.4) is 0 Å². The monoisotopic (exact) mass is 290 g/mol. The van der Waals surface area contributed by atoms with Crippen molar-refractivity contribution in [2.75, 3.05) is 6.54 Å². The summed E-state index contributed by atoms with van der Waals surface area (Å²) < 4.78 is 0. The lowest BCUT2D eigenvalue weighted by atomic mass is 9.47. The predicted molar refractivity (Wildman–Crippen MR) is 83.9 cm³/mol. The van der Waals surface area contributed by atoms with Gasteiger partial charge in [-0.05, 0) is 68.2 Å². The lowest BCUT2D eigenvalue weighted by Gasteiger charge is -2.59. The average molecular weight is 290 g/mol. The van der Waals surface area contributed by atoms with Crippen LogP contribution in [0.4, 0.5) is 0 Å². The molecule has 4 aliphatic rings. The Kier molecular flexibility index (Phi) is 3.38. The number of hydrogen-bond donors (Lipinski definition) is 1. The number of nitrogens with zero attached hydrogens (tertiary/aromatic N) is 1. The Morgan fingerprint density at radius 2 is 1.90 bits per heavy atom. The Morgan fingerprint density at radius 1 is 1.25 bits per heavy atom. The molecule has 0 spiro atoms. The van der Waals surface area contributed by atoms with Crippen molar-refractivity contribution in [2.24, 2.45) is 23.2 Å². The number of rotatable bonds is 5. The zero-order valence-electron chi connectivity index (χ0n) is 12.5. The third-order valence-electron chi connectivity index (χ3n) is 6.14. The molecule has 0 aliphatic heterocycles. The third kappa shape index (κ3) is 2.23. The lowest BCUT2D eigenvalue weighted by Crippen LogP contribution is -2.56. The zero-order valence-corrected chi connectivity index (χ0v) is 13.3. The molecule has 0 saturated heterocycles. The summed E-state index contributed by atoms with van der Waals surface area (Å²) >= 11 is 1.83. The summed E-state index contributed by atoms with van der Waals surface area (Å²) in [7, 11) is 0. The normalized spacial score (nSPS) is 40.1. The van der Waals surface area contributed by atoms with Gasteiger partial charge in [0.05, 0.1) is 5.01 Å². The summed E-state index contributed by atoms with van der Waals surface area (Å²) in [5, 5.41) is 7.29. The zero-order chi connectivity index (χ0) is 13.6. The highest BCUT2D eigenvalue weighted by Crippen LogP contribution is 2.61. The van der Waals surface area contributed by atoms with Crippen molar-refractivity contribution >= 4 is 11.3 Å². The smallest absolute Gasteiger partial charge is 0.0940 e. The predicted octanol–water partition coefficient (Wildman–Crippen LogP) is 3.88. The fourth-order valence-electron chi connectivity index (χ4n) is 5.88. The number of nitrogens with one attached hydrogen (secondary N) is 1. The van der Waals surface area contributed by atoms with E-state index in [0.29, 0.717) is 11.5 Å². The first-order valence-corrected chi connectivity index (χ1v) is 9.27. The molecule has 2 nitrogen and oxygen atoms in total. The van der Waals surface area contributed by atoms with Crippen LogP contribution in [0.1, 0.15) is 50.5 Å². The second-order valence-electron chi connectivity index (χ2n) is 7.52. The van der Waals surface area contributed by atoms with E-state index in [9.17, 15) is 0 Å². The molecule has 4 bridgehead atoms. The molecule has 4 aliphatic carbocycles. The van der Waals surface area contributed by atoms with Crippen molar-refractivity contribution < 1.29 is 0 Å². The maximum absolute atomic E-state index is 4.54. The number of thiazole rings is 1. The molecular weight excluding hydrogens is 264 g/mol. The van der Waals surface area contributed by atoms with E-state index >= 15 is 0 Å². The van der Waals surface area contributed by atoms with Crippen molar-refractivity contribution in [3.8, 4) is 0 Å². The largest absolute Gasteiger partial charge is 0.313 e. The molecule has 0 aromatic carbocycles. The maximum atomic E-state index is 4.54. The third-order valence-corrected chi connectivity index (χ3v) is 6.94. The van der Waals surface area contributed by atoms with Crippen molar-refractivity contribution in [3.63, 3.8) is 0 Å². The molecule has 4 fully saturated rings. The summed E-state index contributed by atoms with van der Waals surface area (Å²) in [6.07, 6.45) is 12.2. The molecule has 1 aromatic heterocycles. The summed E-state index contributed by atoms with van der Waals surface area (Å²) in [5.74, 6) is 3.12. The van der Waals surface area contributed by atoms with E-state index in [4.69, 9.17) is 0 Å². The van der Waals surface area contributed by atoms with Crippen LogP contribution in [0, 0.1) is 23.2 Å². The summed E-state index contributed by atoms with van der Waals surface area (Å²) in [4.78, 5) is 4.54. The van der Waals surface area contributed by atoms with Gasteiger partial charge in [-0.1, -0.05) is 6.92 Å². The Labute approximate surface area is 126 Å². The van der Waals surface area contributed by atoms with E-state index in [1.165, 1.54) is 43.5 Å². The maximum Gasteiger partial charge on any atom is 0.0940 e. The van der Waals surface area contributed by atoms with Crippen LogP contribution < -0.4 is 5.32 Å². The van der Waals surface area contributed by atoms with E-state index < -0.39 is 0 Å². The summed E-state index contributed by atoms with van der Waals surface area (Å²) in [6, 6.07) is 0.659. The minimum atomic E-state index is 0.594. The highest BCUT2D eigenvalue weighted by atomic mass is 32.1. The van der Waals surface area contributed by atoms with Gasteiger partial charge in [-0.3, -0.25) is 0 Å². The van der Waals surface area contributed by atoms with Crippen LogP contribution in [-0.4, -0.2) is 17.6 Å². The van der Waals surface area contributed by atoms with E-state index in [1.807, 2.05) is 17.5 Å². The second kappa shape index (κ2) is 5.10. The van der Waals surface area contributed by atoms with Gasteiger partial charge in [0.1, 0.15) is 0 Å². The molecule has 1 unspecified atom stereocenters. The van der Waals surface area contributed by atoms with Gasteiger partial charge in [-0.25, -0.2) is 4.98 Å².